The molecular weight excluding hydrogens is 232 g/mol. The van der Waals surface area contributed by atoms with Crippen LogP contribution in [0.1, 0.15) is 36.3 Å². The van der Waals surface area contributed by atoms with Gasteiger partial charge in [-0.25, -0.2) is 0 Å². The minimum absolute atomic E-state index is 0.767. The first-order valence-electron chi connectivity index (χ1n) is 7.81. The lowest BCUT2D eigenvalue weighted by Gasteiger charge is -2.27. The second-order valence-corrected chi connectivity index (χ2v) is 6.30. The summed E-state index contributed by atoms with van der Waals surface area (Å²) in [4.78, 5) is 2.70. The summed E-state index contributed by atoms with van der Waals surface area (Å²) >= 11 is 0. The average molecular weight is 258 g/mol. The molecule has 2 saturated heterocycles. The smallest absolute Gasteiger partial charge is 0.00510 e. The fourth-order valence-electron chi connectivity index (χ4n) is 3.73. The van der Waals surface area contributed by atoms with E-state index in [4.69, 9.17) is 0 Å². The first kappa shape index (κ1) is 13.1. The summed E-state index contributed by atoms with van der Waals surface area (Å²) in [6.45, 7) is 8.59. The van der Waals surface area contributed by atoms with Crippen LogP contribution in [0.4, 0.5) is 0 Å². The Kier molecular flexibility index (Phi) is 4.19. The fraction of sp³-hybridized carbons (Fsp3) is 0.647. The highest BCUT2D eigenvalue weighted by molar-refractivity contribution is 5.30. The van der Waals surface area contributed by atoms with E-state index in [1.165, 1.54) is 57.5 Å². The summed E-state index contributed by atoms with van der Waals surface area (Å²) in [5, 5.41) is 3.46. The summed E-state index contributed by atoms with van der Waals surface area (Å²) in [6, 6.07) is 8.93. The number of hydrogen-bond donors (Lipinski definition) is 1. The van der Waals surface area contributed by atoms with E-state index in [2.05, 4.69) is 41.4 Å². The van der Waals surface area contributed by atoms with E-state index in [9.17, 15) is 0 Å². The van der Waals surface area contributed by atoms with Crippen LogP contribution in [0, 0.1) is 12.8 Å². The molecule has 0 saturated carbocycles. The molecule has 1 unspecified atom stereocenters. The van der Waals surface area contributed by atoms with Crippen molar-refractivity contribution in [1.29, 1.82) is 0 Å². The number of piperidine rings is 1. The Morgan fingerprint density at radius 3 is 2.74 bits per heavy atom. The van der Waals surface area contributed by atoms with Gasteiger partial charge in [0.2, 0.25) is 0 Å². The molecule has 2 nitrogen and oxygen atoms in total. The summed E-state index contributed by atoms with van der Waals surface area (Å²) in [6.07, 6.45) is 4.08. The van der Waals surface area contributed by atoms with Gasteiger partial charge in [0.05, 0.1) is 0 Å². The highest BCUT2D eigenvalue weighted by atomic mass is 15.1. The van der Waals surface area contributed by atoms with Crippen LogP contribution in [0.2, 0.25) is 0 Å². The largest absolute Gasteiger partial charge is 0.317 e. The molecule has 1 aromatic carbocycles. The van der Waals surface area contributed by atoms with Gasteiger partial charge in [-0.15, -0.1) is 0 Å². The van der Waals surface area contributed by atoms with Crippen LogP contribution in [-0.2, 0) is 0 Å². The van der Waals surface area contributed by atoms with E-state index in [0.29, 0.717) is 0 Å². The quantitative estimate of drug-likeness (QED) is 0.897. The Morgan fingerprint density at radius 2 is 1.95 bits per heavy atom. The van der Waals surface area contributed by atoms with Crippen molar-refractivity contribution in [3.05, 3.63) is 35.4 Å². The van der Waals surface area contributed by atoms with Crippen molar-refractivity contribution in [2.45, 2.75) is 32.1 Å². The summed E-state index contributed by atoms with van der Waals surface area (Å²) < 4.78 is 0. The van der Waals surface area contributed by atoms with E-state index >= 15 is 0 Å². The topological polar surface area (TPSA) is 15.3 Å². The minimum Gasteiger partial charge on any atom is -0.317 e. The van der Waals surface area contributed by atoms with Crippen molar-refractivity contribution in [3.63, 3.8) is 0 Å². The van der Waals surface area contributed by atoms with Crippen LogP contribution in [-0.4, -0.2) is 37.6 Å². The number of likely N-dealkylation sites (tertiary alicyclic amines) is 1. The van der Waals surface area contributed by atoms with E-state index < -0.39 is 0 Å². The molecule has 2 heteroatoms. The van der Waals surface area contributed by atoms with Gasteiger partial charge >= 0.3 is 0 Å². The molecule has 2 aliphatic heterocycles. The van der Waals surface area contributed by atoms with Gasteiger partial charge in [-0.3, -0.25) is 0 Å². The molecular formula is C17H26N2. The van der Waals surface area contributed by atoms with Gasteiger partial charge in [-0.2, -0.15) is 0 Å². The van der Waals surface area contributed by atoms with Crippen LogP contribution < -0.4 is 5.32 Å². The monoisotopic (exact) mass is 258 g/mol. The molecule has 19 heavy (non-hydrogen) atoms. The van der Waals surface area contributed by atoms with Gasteiger partial charge in [0.15, 0.2) is 0 Å². The molecule has 2 aliphatic rings. The molecule has 104 valence electrons. The maximum atomic E-state index is 3.46. The van der Waals surface area contributed by atoms with Crippen LogP contribution in [0.25, 0.3) is 0 Å². The molecule has 0 radical (unpaired) electrons. The molecule has 0 bridgehead atoms. The Balaban J connectivity index is 1.56. The summed E-state index contributed by atoms with van der Waals surface area (Å²) in [5.74, 6) is 1.69. The lowest BCUT2D eigenvalue weighted by Crippen LogP contribution is -2.35. The van der Waals surface area contributed by atoms with Crippen molar-refractivity contribution in [1.82, 2.24) is 10.2 Å². The average Bonchev–Trinajstić information content (AvgIpc) is 2.89. The summed E-state index contributed by atoms with van der Waals surface area (Å²) in [5.41, 5.74) is 3.05. The van der Waals surface area contributed by atoms with Crippen molar-refractivity contribution >= 4 is 0 Å². The molecule has 0 aliphatic carbocycles. The molecule has 2 heterocycles. The predicted octanol–water partition coefficient (Wildman–Crippen LogP) is 2.78. The number of benzene rings is 1. The first-order valence-corrected chi connectivity index (χ1v) is 7.81. The van der Waals surface area contributed by atoms with Gasteiger partial charge in [0, 0.05) is 13.1 Å². The van der Waals surface area contributed by atoms with Crippen LogP contribution in [0.15, 0.2) is 24.3 Å². The maximum absolute atomic E-state index is 3.46. The number of nitrogens with one attached hydrogen (secondary N) is 1. The Bertz CT molecular complexity index is 409. The number of rotatable bonds is 3. The predicted molar refractivity (Wildman–Crippen MR) is 80.6 cm³/mol. The van der Waals surface area contributed by atoms with E-state index in [1.807, 2.05) is 0 Å². The van der Waals surface area contributed by atoms with Crippen LogP contribution in [0.3, 0.4) is 0 Å². The van der Waals surface area contributed by atoms with Crippen LogP contribution in [0.5, 0.6) is 0 Å². The van der Waals surface area contributed by atoms with E-state index in [-0.39, 0.29) is 0 Å². The molecule has 0 spiro atoms. The zero-order chi connectivity index (χ0) is 13.1. The van der Waals surface area contributed by atoms with Crippen LogP contribution >= 0.6 is 0 Å². The lowest BCUT2D eigenvalue weighted by atomic mass is 9.94. The second-order valence-electron chi connectivity index (χ2n) is 6.30. The van der Waals surface area contributed by atoms with Crippen molar-refractivity contribution in [3.8, 4) is 0 Å². The van der Waals surface area contributed by atoms with Gasteiger partial charge in [-0.1, -0.05) is 24.3 Å². The van der Waals surface area contributed by atoms with E-state index in [1.54, 1.807) is 5.56 Å². The molecule has 1 atom stereocenters. The molecule has 0 aromatic heterocycles. The SMILES string of the molecule is Cc1ccccc1C1CCN(CC2CCNCC2)C1. The van der Waals surface area contributed by atoms with Gasteiger partial charge < -0.3 is 10.2 Å². The number of hydrogen-bond acceptors (Lipinski definition) is 2. The van der Waals surface area contributed by atoms with E-state index in [0.717, 1.165) is 11.8 Å². The molecule has 0 amide bonds. The summed E-state index contributed by atoms with van der Waals surface area (Å²) in [7, 11) is 0. The Labute approximate surface area is 117 Å². The van der Waals surface area contributed by atoms with Crippen molar-refractivity contribution in [2.24, 2.45) is 5.92 Å². The highest BCUT2D eigenvalue weighted by Crippen LogP contribution is 2.30. The Morgan fingerprint density at radius 1 is 1.16 bits per heavy atom. The third-order valence-corrected chi connectivity index (χ3v) is 4.88. The molecule has 1 aromatic rings. The zero-order valence-electron chi connectivity index (χ0n) is 12.1. The van der Waals surface area contributed by atoms with Gasteiger partial charge in [0.1, 0.15) is 0 Å². The number of aryl methyl sites for hydroxylation is 1. The molecule has 2 fully saturated rings. The second kappa shape index (κ2) is 6.06. The molecule has 1 N–H and O–H groups in total. The third-order valence-electron chi connectivity index (χ3n) is 4.88. The zero-order valence-corrected chi connectivity index (χ0v) is 12.1. The number of nitrogens with zero attached hydrogens (tertiary/aromatic N) is 1. The standard InChI is InChI=1S/C17H26N2/c1-14-4-2-3-5-17(14)16-8-11-19(13-16)12-15-6-9-18-10-7-15/h2-5,15-16,18H,6-13H2,1H3. The highest BCUT2D eigenvalue weighted by Gasteiger charge is 2.26. The first-order chi connectivity index (χ1) is 9.33. The normalized spacial score (nSPS) is 25.8. The maximum Gasteiger partial charge on any atom is 0.00510 e. The van der Waals surface area contributed by atoms with Gasteiger partial charge in [0.25, 0.3) is 0 Å². The fourth-order valence-corrected chi connectivity index (χ4v) is 3.73. The van der Waals surface area contributed by atoms with Gasteiger partial charge in [-0.05, 0) is 68.8 Å². The van der Waals surface area contributed by atoms with Crippen molar-refractivity contribution in [2.75, 3.05) is 32.7 Å². The van der Waals surface area contributed by atoms with Crippen molar-refractivity contribution < 1.29 is 0 Å². The molecule has 3 rings (SSSR count). The third kappa shape index (κ3) is 3.18. The lowest BCUT2D eigenvalue weighted by molar-refractivity contribution is 0.239. The minimum atomic E-state index is 0.767. The Hall–Kier alpha value is -0.860.